The Hall–Kier alpha value is -1.92. The van der Waals surface area contributed by atoms with E-state index < -0.39 is 0 Å². The van der Waals surface area contributed by atoms with Crippen molar-refractivity contribution < 1.29 is 9.59 Å². The summed E-state index contributed by atoms with van der Waals surface area (Å²) >= 11 is 0. The van der Waals surface area contributed by atoms with E-state index in [1.807, 2.05) is 19.9 Å². The van der Waals surface area contributed by atoms with E-state index in [-0.39, 0.29) is 29.8 Å². The number of carbonyl (C=O) groups is 2. The molecule has 0 radical (unpaired) electrons. The fourth-order valence-corrected chi connectivity index (χ4v) is 4.46. The summed E-state index contributed by atoms with van der Waals surface area (Å²) in [6.45, 7) is 9.14. The Bertz CT molecular complexity index is 658. The summed E-state index contributed by atoms with van der Waals surface area (Å²) in [7, 11) is 0. The average molecular weight is 401 g/mol. The van der Waals surface area contributed by atoms with E-state index in [4.69, 9.17) is 0 Å². The zero-order chi connectivity index (χ0) is 20.6. The molecule has 2 unspecified atom stereocenters. The van der Waals surface area contributed by atoms with Crippen LogP contribution in [-0.4, -0.2) is 66.4 Å². The van der Waals surface area contributed by atoms with Crippen LogP contribution in [0.5, 0.6) is 0 Å². The average Bonchev–Trinajstić information content (AvgIpc) is 2.75. The number of likely N-dealkylation sites (tertiary alicyclic amines) is 2. The van der Waals surface area contributed by atoms with Crippen molar-refractivity contribution in [2.75, 3.05) is 32.7 Å². The minimum atomic E-state index is -0.186. The Labute approximate surface area is 175 Å². The molecule has 0 aliphatic carbocycles. The standard InChI is InChI=1S/C23H36N4O2/c1-3-24-23(29)20-10-7-13-27(17-20)18(2)22(28)25-21-11-14-26(15-12-21)16-19-8-5-4-6-9-19/h4-6,8-9,18,20-21H,3,7,10-17H2,1-2H3,(H,24,29)(H,25,28). The minimum absolute atomic E-state index is 0.000162. The van der Waals surface area contributed by atoms with Gasteiger partial charge in [-0.05, 0) is 51.6 Å². The van der Waals surface area contributed by atoms with Gasteiger partial charge in [0, 0.05) is 38.8 Å². The second-order valence-electron chi connectivity index (χ2n) is 8.45. The van der Waals surface area contributed by atoms with Crippen LogP contribution in [0.25, 0.3) is 0 Å². The number of carbonyl (C=O) groups excluding carboxylic acids is 2. The molecule has 2 amide bonds. The number of nitrogens with zero attached hydrogens (tertiary/aromatic N) is 2. The molecule has 0 spiro atoms. The van der Waals surface area contributed by atoms with Gasteiger partial charge in [0.15, 0.2) is 0 Å². The largest absolute Gasteiger partial charge is 0.356 e. The second-order valence-corrected chi connectivity index (χ2v) is 8.45. The van der Waals surface area contributed by atoms with Crippen LogP contribution in [0.15, 0.2) is 30.3 Å². The minimum Gasteiger partial charge on any atom is -0.356 e. The first-order chi connectivity index (χ1) is 14.1. The van der Waals surface area contributed by atoms with Gasteiger partial charge in [-0.1, -0.05) is 30.3 Å². The highest BCUT2D eigenvalue weighted by Gasteiger charge is 2.31. The van der Waals surface area contributed by atoms with Gasteiger partial charge in [0.1, 0.15) is 0 Å². The predicted octanol–water partition coefficient (Wildman–Crippen LogP) is 2.00. The zero-order valence-corrected chi connectivity index (χ0v) is 17.9. The van der Waals surface area contributed by atoms with Gasteiger partial charge in [-0.15, -0.1) is 0 Å². The number of hydrogen-bond acceptors (Lipinski definition) is 4. The molecular formula is C23H36N4O2. The first-order valence-electron chi connectivity index (χ1n) is 11.1. The van der Waals surface area contributed by atoms with Gasteiger partial charge in [0.2, 0.25) is 11.8 Å². The van der Waals surface area contributed by atoms with Gasteiger partial charge in [-0.25, -0.2) is 0 Å². The molecule has 0 bridgehead atoms. The van der Waals surface area contributed by atoms with Gasteiger partial charge < -0.3 is 10.6 Å². The topological polar surface area (TPSA) is 64.7 Å². The van der Waals surface area contributed by atoms with Gasteiger partial charge in [-0.3, -0.25) is 19.4 Å². The number of rotatable bonds is 7. The SMILES string of the molecule is CCNC(=O)C1CCCN(C(C)C(=O)NC2CCN(Cc3ccccc3)CC2)C1. The molecule has 2 N–H and O–H groups in total. The molecule has 1 aromatic carbocycles. The van der Waals surface area contributed by atoms with Crippen molar-refractivity contribution in [3.05, 3.63) is 35.9 Å². The highest BCUT2D eigenvalue weighted by atomic mass is 16.2. The van der Waals surface area contributed by atoms with Crippen LogP contribution in [-0.2, 0) is 16.1 Å². The van der Waals surface area contributed by atoms with Crippen LogP contribution in [0.4, 0.5) is 0 Å². The maximum Gasteiger partial charge on any atom is 0.237 e. The number of hydrogen-bond donors (Lipinski definition) is 2. The molecule has 29 heavy (non-hydrogen) atoms. The lowest BCUT2D eigenvalue weighted by atomic mass is 9.95. The van der Waals surface area contributed by atoms with Crippen LogP contribution < -0.4 is 10.6 Å². The van der Waals surface area contributed by atoms with Crippen molar-refractivity contribution in [2.24, 2.45) is 5.92 Å². The highest BCUT2D eigenvalue weighted by Crippen LogP contribution is 2.20. The van der Waals surface area contributed by atoms with Crippen LogP contribution in [0.3, 0.4) is 0 Å². The molecule has 2 aliphatic rings. The molecule has 2 aliphatic heterocycles. The number of benzene rings is 1. The van der Waals surface area contributed by atoms with Gasteiger partial charge >= 0.3 is 0 Å². The maximum atomic E-state index is 12.8. The lowest BCUT2D eigenvalue weighted by Gasteiger charge is -2.37. The molecule has 2 fully saturated rings. The first-order valence-corrected chi connectivity index (χ1v) is 11.1. The third kappa shape index (κ3) is 6.28. The maximum absolute atomic E-state index is 12.8. The molecular weight excluding hydrogens is 364 g/mol. The summed E-state index contributed by atoms with van der Waals surface area (Å²) in [5, 5.41) is 6.18. The van der Waals surface area contributed by atoms with Crippen LogP contribution >= 0.6 is 0 Å². The quantitative estimate of drug-likeness (QED) is 0.735. The Morgan fingerprint density at radius 3 is 2.52 bits per heavy atom. The van der Waals surface area contributed by atoms with Crippen molar-refractivity contribution in [3.63, 3.8) is 0 Å². The van der Waals surface area contributed by atoms with E-state index in [0.717, 1.165) is 51.9 Å². The summed E-state index contributed by atoms with van der Waals surface area (Å²) in [5.41, 5.74) is 1.34. The summed E-state index contributed by atoms with van der Waals surface area (Å²) in [6.07, 6.45) is 3.87. The van der Waals surface area contributed by atoms with E-state index in [2.05, 4.69) is 44.7 Å². The molecule has 0 saturated carbocycles. The van der Waals surface area contributed by atoms with Gasteiger partial charge in [0.05, 0.1) is 12.0 Å². The van der Waals surface area contributed by atoms with Crippen molar-refractivity contribution in [3.8, 4) is 0 Å². The number of nitrogens with one attached hydrogen (secondary N) is 2. The summed E-state index contributed by atoms with van der Waals surface area (Å²) in [4.78, 5) is 29.6. The second kappa shape index (κ2) is 10.7. The molecule has 0 aromatic heterocycles. The fourth-order valence-electron chi connectivity index (χ4n) is 4.46. The fraction of sp³-hybridized carbons (Fsp3) is 0.652. The Kier molecular flexibility index (Phi) is 8.07. The highest BCUT2D eigenvalue weighted by molar-refractivity contribution is 5.82. The lowest BCUT2D eigenvalue weighted by molar-refractivity contribution is -0.131. The molecule has 2 atom stereocenters. The molecule has 6 heteroatoms. The first kappa shape index (κ1) is 21.8. The Morgan fingerprint density at radius 2 is 1.83 bits per heavy atom. The van der Waals surface area contributed by atoms with Crippen molar-refractivity contribution in [1.29, 1.82) is 0 Å². The van der Waals surface area contributed by atoms with E-state index >= 15 is 0 Å². The molecule has 2 heterocycles. The monoisotopic (exact) mass is 400 g/mol. The van der Waals surface area contributed by atoms with E-state index in [9.17, 15) is 9.59 Å². The zero-order valence-electron chi connectivity index (χ0n) is 17.9. The molecule has 6 nitrogen and oxygen atoms in total. The van der Waals surface area contributed by atoms with Gasteiger partial charge in [0.25, 0.3) is 0 Å². The Morgan fingerprint density at radius 1 is 1.10 bits per heavy atom. The summed E-state index contributed by atoms with van der Waals surface area (Å²) < 4.78 is 0. The van der Waals surface area contributed by atoms with Crippen LogP contribution in [0.2, 0.25) is 0 Å². The third-order valence-corrected chi connectivity index (χ3v) is 6.28. The number of piperidine rings is 2. The van der Waals surface area contributed by atoms with Gasteiger partial charge in [-0.2, -0.15) is 0 Å². The van der Waals surface area contributed by atoms with E-state index in [0.29, 0.717) is 13.1 Å². The molecule has 160 valence electrons. The Balaban J connectivity index is 1.42. The van der Waals surface area contributed by atoms with Crippen molar-refractivity contribution in [2.45, 2.75) is 58.2 Å². The summed E-state index contributed by atoms with van der Waals surface area (Å²) in [5.74, 6) is 0.221. The predicted molar refractivity (Wildman–Crippen MR) is 115 cm³/mol. The van der Waals surface area contributed by atoms with E-state index in [1.165, 1.54) is 5.56 Å². The smallest absolute Gasteiger partial charge is 0.237 e. The summed E-state index contributed by atoms with van der Waals surface area (Å²) in [6, 6.07) is 10.6. The molecule has 2 saturated heterocycles. The third-order valence-electron chi connectivity index (χ3n) is 6.28. The molecule has 3 rings (SSSR count). The molecule has 1 aromatic rings. The van der Waals surface area contributed by atoms with Crippen LogP contribution in [0.1, 0.15) is 45.1 Å². The normalized spacial score (nSPS) is 22.8. The van der Waals surface area contributed by atoms with Crippen molar-refractivity contribution in [1.82, 2.24) is 20.4 Å². The number of amides is 2. The van der Waals surface area contributed by atoms with Crippen molar-refractivity contribution >= 4 is 11.8 Å². The van der Waals surface area contributed by atoms with Crippen LogP contribution in [0, 0.1) is 5.92 Å². The van der Waals surface area contributed by atoms with E-state index in [1.54, 1.807) is 0 Å². The lowest BCUT2D eigenvalue weighted by Crippen LogP contribution is -2.54.